The molecule has 0 saturated carbocycles. The van der Waals surface area contributed by atoms with Crippen molar-refractivity contribution in [2.24, 2.45) is 0 Å². The number of fused-ring (bicyclic) bond motifs is 3. The maximum atomic E-state index is 5.58. The van der Waals surface area contributed by atoms with Crippen molar-refractivity contribution < 1.29 is 8.83 Å². The van der Waals surface area contributed by atoms with Crippen molar-refractivity contribution in [3.05, 3.63) is 158 Å². The Morgan fingerprint density at radius 3 is 1.39 bits per heavy atom. The summed E-state index contributed by atoms with van der Waals surface area (Å²) in [5, 5.41) is 7.25. The fraction of sp³-hybridized carbons (Fsp3) is 0. The number of oxazole rings is 2. The van der Waals surface area contributed by atoms with Gasteiger partial charge in [0, 0.05) is 11.1 Å². The summed E-state index contributed by atoms with van der Waals surface area (Å²) in [7, 11) is 0. The van der Waals surface area contributed by atoms with Gasteiger partial charge in [0.2, 0.25) is 11.8 Å². The van der Waals surface area contributed by atoms with Crippen molar-refractivity contribution in [3.63, 3.8) is 0 Å². The lowest BCUT2D eigenvalue weighted by Gasteiger charge is -2.19. The predicted molar refractivity (Wildman–Crippen MR) is 186 cm³/mol. The number of benzene rings is 7. The second-order valence-electron chi connectivity index (χ2n) is 11.4. The number of aromatic nitrogens is 2. The lowest BCUT2D eigenvalue weighted by molar-refractivity contribution is 0.574. The van der Waals surface area contributed by atoms with Gasteiger partial charge in [-0.05, 0) is 102 Å². The topological polar surface area (TPSA) is 52.1 Å². The molecule has 9 rings (SSSR count). The molecule has 0 N–H and O–H groups in total. The fourth-order valence-electron chi connectivity index (χ4n) is 6.64. The van der Waals surface area contributed by atoms with E-state index in [1.54, 1.807) is 24.9 Å². The summed E-state index contributed by atoms with van der Waals surface area (Å²) in [5.41, 5.74) is 8.94. The molecule has 0 aliphatic heterocycles. The van der Waals surface area contributed by atoms with Crippen molar-refractivity contribution in [2.75, 3.05) is 0 Å². The Labute approximate surface area is 265 Å². The minimum Gasteiger partial charge on any atom is -0.445 e. The largest absolute Gasteiger partial charge is 0.445 e. The van der Waals surface area contributed by atoms with E-state index in [9.17, 15) is 0 Å². The van der Waals surface area contributed by atoms with E-state index in [1.165, 1.54) is 54.6 Å². The average molecular weight is 591 g/mol. The van der Waals surface area contributed by atoms with Crippen LogP contribution in [0.5, 0.6) is 0 Å². The van der Waals surface area contributed by atoms with Gasteiger partial charge in [-0.25, -0.2) is 9.97 Å². The second-order valence-corrected chi connectivity index (χ2v) is 11.4. The first-order valence-electron chi connectivity index (χ1n) is 15.3. The molecule has 4 heteroatoms. The van der Waals surface area contributed by atoms with Crippen LogP contribution in [-0.2, 0) is 0 Å². The standard InChI is InChI=1S/C42H26N2O2/c1-2-6-32-25-33(18-9-27(32)5-1)34-19-20-37-38(26-34)40(29-12-16-31(17-13-29)42-44-22-24-46-42)36-8-4-3-7-35(36)39(37)28-10-14-30(15-11-28)41-43-21-23-45-41/h1-26H. The van der Waals surface area contributed by atoms with Crippen LogP contribution in [0.25, 0.3) is 88.6 Å². The van der Waals surface area contributed by atoms with Crippen molar-refractivity contribution in [2.45, 2.75) is 0 Å². The number of hydrogen-bond donors (Lipinski definition) is 0. The summed E-state index contributed by atoms with van der Waals surface area (Å²) in [5.74, 6) is 1.23. The van der Waals surface area contributed by atoms with Crippen molar-refractivity contribution in [1.29, 1.82) is 0 Å². The smallest absolute Gasteiger partial charge is 0.225 e. The first-order valence-corrected chi connectivity index (χ1v) is 15.3. The molecule has 0 amide bonds. The van der Waals surface area contributed by atoms with Gasteiger partial charge in [0.25, 0.3) is 0 Å². The number of nitrogens with zero attached hydrogens (tertiary/aromatic N) is 2. The van der Waals surface area contributed by atoms with Crippen LogP contribution in [-0.4, -0.2) is 9.97 Å². The molecule has 0 radical (unpaired) electrons. The van der Waals surface area contributed by atoms with Gasteiger partial charge in [-0.15, -0.1) is 0 Å². The molecule has 0 saturated heterocycles. The Bertz CT molecular complexity index is 2490. The van der Waals surface area contributed by atoms with E-state index in [1.807, 2.05) is 0 Å². The van der Waals surface area contributed by atoms with Gasteiger partial charge in [-0.1, -0.05) is 97.1 Å². The molecule has 0 fully saturated rings. The van der Waals surface area contributed by atoms with Crippen LogP contribution in [0.2, 0.25) is 0 Å². The molecule has 2 aromatic heterocycles. The summed E-state index contributed by atoms with van der Waals surface area (Å²) in [4.78, 5) is 8.68. The zero-order valence-electron chi connectivity index (χ0n) is 24.7. The second kappa shape index (κ2) is 10.7. The maximum absolute atomic E-state index is 5.58. The Morgan fingerprint density at radius 2 is 0.804 bits per heavy atom. The summed E-state index contributed by atoms with van der Waals surface area (Å²) in [6, 6.07) is 47.9. The molecule has 0 aliphatic rings. The molecule has 7 aromatic carbocycles. The van der Waals surface area contributed by atoms with Gasteiger partial charge < -0.3 is 8.83 Å². The molecule has 0 unspecified atom stereocenters. The Balaban J connectivity index is 1.31. The van der Waals surface area contributed by atoms with Gasteiger partial charge in [-0.3, -0.25) is 0 Å². The normalized spacial score (nSPS) is 11.5. The molecule has 0 bridgehead atoms. The van der Waals surface area contributed by atoms with E-state index in [2.05, 4.69) is 143 Å². The summed E-state index contributed by atoms with van der Waals surface area (Å²) >= 11 is 0. The fourth-order valence-corrected chi connectivity index (χ4v) is 6.64. The third-order valence-corrected chi connectivity index (χ3v) is 8.81. The van der Waals surface area contributed by atoms with Crippen LogP contribution < -0.4 is 0 Å². The Morgan fingerprint density at radius 1 is 0.348 bits per heavy atom. The van der Waals surface area contributed by atoms with Gasteiger partial charge in [0.15, 0.2) is 0 Å². The molecule has 216 valence electrons. The third kappa shape index (κ3) is 4.39. The maximum Gasteiger partial charge on any atom is 0.225 e. The zero-order valence-corrected chi connectivity index (χ0v) is 24.7. The van der Waals surface area contributed by atoms with Crippen LogP contribution in [0, 0.1) is 0 Å². The highest BCUT2D eigenvalue weighted by atomic mass is 16.3. The van der Waals surface area contributed by atoms with E-state index in [0.29, 0.717) is 11.8 Å². The van der Waals surface area contributed by atoms with Crippen LogP contribution in [0.3, 0.4) is 0 Å². The van der Waals surface area contributed by atoms with Gasteiger partial charge >= 0.3 is 0 Å². The van der Waals surface area contributed by atoms with Crippen LogP contribution in [0.1, 0.15) is 0 Å². The first-order chi connectivity index (χ1) is 22.8. The molecular formula is C42H26N2O2. The lowest BCUT2D eigenvalue weighted by atomic mass is 9.84. The van der Waals surface area contributed by atoms with E-state index in [-0.39, 0.29) is 0 Å². The monoisotopic (exact) mass is 590 g/mol. The molecule has 46 heavy (non-hydrogen) atoms. The SMILES string of the molecule is c1ccc2cc(-c3ccc4c(-c5ccc(-c6ncco6)cc5)c5ccccc5c(-c5ccc(-c6ncco6)cc5)c4c3)ccc2c1. The van der Waals surface area contributed by atoms with Crippen LogP contribution in [0.4, 0.5) is 0 Å². The number of hydrogen-bond acceptors (Lipinski definition) is 4. The van der Waals surface area contributed by atoms with Gasteiger partial charge in [0.05, 0.1) is 12.4 Å². The van der Waals surface area contributed by atoms with Crippen molar-refractivity contribution >= 4 is 32.3 Å². The Kier molecular flexibility index (Phi) is 6.10. The molecule has 0 spiro atoms. The lowest BCUT2D eigenvalue weighted by Crippen LogP contribution is -1.92. The minimum absolute atomic E-state index is 0.614. The minimum atomic E-state index is 0.614. The molecule has 0 atom stereocenters. The van der Waals surface area contributed by atoms with Crippen molar-refractivity contribution in [1.82, 2.24) is 9.97 Å². The highest BCUT2D eigenvalue weighted by Crippen LogP contribution is 2.45. The van der Waals surface area contributed by atoms with E-state index >= 15 is 0 Å². The molecule has 4 nitrogen and oxygen atoms in total. The molecule has 9 aromatic rings. The van der Waals surface area contributed by atoms with E-state index in [0.717, 1.165) is 22.3 Å². The van der Waals surface area contributed by atoms with Crippen LogP contribution in [0.15, 0.2) is 167 Å². The zero-order chi connectivity index (χ0) is 30.5. The molecular weight excluding hydrogens is 564 g/mol. The molecule has 2 heterocycles. The quantitative estimate of drug-likeness (QED) is 0.187. The van der Waals surface area contributed by atoms with Crippen LogP contribution >= 0.6 is 0 Å². The summed E-state index contributed by atoms with van der Waals surface area (Å²) in [6.45, 7) is 0. The summed E-state index contributed by atoms with van der Waals surface area (Å²) < 4.78 is 11.1. The first kappa shape index (κ1) is 26.2. The highest BCUT2D eigenvalue weighted by Gasteiger charge is 2.18. The summed E-state index contributed by atoms with van der Waals surface area (Å²) in [6.07, 6.45) is 6.56. The van der Waals surface area contributed by atoms with Crippen molar-refractivity contribution in [3.8, 4) is 56.3 Å². The van der Waals surface area contributed by atoms with E-state index in [4.69, 9.17) is 8.83 Å². The predicted octanol–water partition coefficient (Wildman–Crippen LogP) is 11.5. The highest BCUT2D eigenvalue weighted by molar-refractivity contribution is 6.22. The van der Waals surface area contributed by atoms with Gasteiger partial charge in [-0.2, -0.15) is 0 Å². The Hall–Kier alpha value is -6.26. The number of rotatable bonds is 5. The van der Waals surface area contributed by atoms with Gasteiger partial charge in [0.1, 0.15) is 12.5 Å². The van der Waals surface area contributed by atoms with E-state index < -0.39 is 0 Å². The average Bonchev–Trinajstić information content (AvgIpc) is 3.87. The third-order valence-electron chi connectivity index (χ3n) is 8.81. The molecule has 0 aliphatic carbocycles.